The first-order valence-electron chi connectivity index (χ1n) is 9.47. The molecule has 2 amide bonds. The van der Waals surface area contributed by atoms with E-state index in [0.717, 1.165) is 16.9 Å². The third kappa shape index (κ3) is 3.98. The second-order valence-electron chi connectivity index (χ2n) is 7.23. The number of benzene rings is 2. The first-order chi connectivity index (χ1) is 14.4. The Kier molecular flexibility index (Phi) is 5.14. The molecule has 0 saturated heterocycles. The van der Waals surface area contributed by atoms with E-state index in [-0.39, 0.29) is 24.1 Å². The van der Waals surface area contributed by atoms with Gasteiger partial charge in [-0.3, -0.25) is 9.59 Å². The number of aryl methyl sites for hydroxylation is 2. The zero-order chi connectivity index (χ0) is 21.3. The van der Waals surface area contributed by atoms with Gasteiger partial charge in [0, 0.05) is 29.8 Å². The van der Waals surface area contributed by atoms with Crippen LogP contribution in [0.2, 0.25) is 0 Å². The Bertz CT molecular complexity index is 1150. The molecule has 8 heteroatoms. The second kappa shape index (κ2) is 7.90. The Morgan fingerprint density at radius 3 is 2.67 bits per heavy atom. The first-order valence-corrected chi connectivity index (χ1v) is 9.47. The number of hydrogen-bond acceptors (Lipinski definition) is 4. The highest BCUT2D eigenvalue weighted by atomic mass is 19.1. The van der Waals surface area contributed by atoms with Gasteiger partial charge in [-0.05, 0) is 49.2 Å². The number of nitrogens with one attached hydrogen (secondary N) is 2. The molecule has 0 spiro atoms. The van der Waals surface area contributed by atoms with Gasteiger partial charge in [0.05, 0.1) is 17.6 Å². The fourth-order valence-electron chi connectivity index (χ4n) is 3.38. The van der Waals surface area contributed by atoms with Crippen molar-refractivity contribution >= 4 is 17.5 Å². The van der Waals surface area contributed by atoms with Crippen molar-refractivity contribution in [3.63, 3.8) is 0 Å². The van der Waals surface area contributed by atoms with Crippen molar-refractivity contribution in [1.29, 1.82) is 0 Å². The largest absolute Gasteiger partial charge is 0.332 e. The van der Waals surface area contributed by atoms with Gasteiger partial charge in [0.1, 0.15) is 5.82 Å². The van der Waals surface area contributed by atoms with Crippen LogP contribution in [0.25, 0.3) is 5.69 Å². The lowest BCUT2D eigenvalue weighted by atomic mass is 9.86. The predicted molar refractivity (Wildman–Crippen MR) is 109 cm³/mol. The van der Waals surface area contributed by atoms with Gasteiger partial charge < -0.3 is 10.6 Å². The number of amides is 2. The Morgan fingerprint density at radius 1 is 1.20 bits per heavy atom. The summed E-state index contributed by atoms with van der Waals surface area (Å²) in [4.78, 5) is 25.0. The minimum absolute atomic E-state index is 0.113. The van der Waals surface area contributed by atoms with Crippen LogP contribution in [0.3, 0.4) is 0 Å². The summed E-state index contributed by atoms with van der Waals surface area (Å²) < 4.78 is 14.9. The van der Waals surface area contributed by atoms with E-state index in [1.807, 2.05) is 32.0 Å². The number of carbonyl (C=O) groups is 2. The van der Waals surface area contributed by atoms with E-state index < -0.39 is 5.92 Å². The van der Waals surface area contributed by atoms with Crippen molar-refractivity contribution in [3.8, 4) is 5.69 Å². The van der Waals surface area contributed by atoms with E-state index >= 15 is 0 Å². The summed E-state index contributed by atoms with van der Waals surface area (Å²) in [6, 6.07) is 11.4. The molecule has 0 aliphatic carbocycles. The van der Waals surface area contributed by atoms with E-state index in [1.54, 1.807) is 23.0 Å². The molecule has 30 heavy (non-hydrogen) atoms. The highest BCUT2D eigenvalue weighted by Crippen LogP contribution is 2.31. The van der Waals surface area contributed by atoms with Crippen LogP contribution in [0.4, 0.5) is 10.1 Å². The van der Waals surface area contributed by atoms with Crippen molar-refractivity contribution in [1.82, 2.24) is 20.3 Å². The minimum atomic E-state index is -0.458. The quantitative estimate of drug-likeness (QED) is 0.698. The first kappa shape index (κ1) is 19.5. The van der Waals surface area contributed by atoms with Gasteiger partial charge in [-0.2, -0.15) is 0 Å². The average molecular weight is 405 g/mol. The zero-order valence-electron chi connectivity index (χ0n) is 16.5. The molecule has 1 atom stereocenters. The summed E-state index contributed by atoms with van der Waals surface area (Å²) in [5.74, 6) is -1.36. The van der Waals surface area contributed by atoms with Crippen LogP contribution in [0, 0.1) is 19.7 Å². The Morgan fingerprint density at radius 2 is 1.97 bits per heavy atom. The molecule has 0 unspecified atom stereocenters. The lowest BCUT2D eigenvalue weighted by molar-refractivity contribution is -0.121. The van der Waals surface area contributed by atoms with Crippen molar-refractivity contribution in [2.24, 2.45) is 0 Å². The normalized spacial score (nSPS) is 16.0. The maximum absolute atomic E-state index is 13.3. The van der Waals surface area contributed by atoms with Crippen molar-refractivity contribution < 1.29 is 14.0 Å². The number of rotatable bonds is 4. The van der Waals surface area contributed by atoms with Crippen LogP contribution in [0.15, 0.2) is 60.4 Å². The predicted octanol–water partition coefficient (Wildman–Crippen LogP) is 3.15. The fourth-order valence-corrected chi connectivity index (χ4v) is 3.38. The summed E-state index contributed by atoms with van der Waals surface area (Å²) in [6.07, 6.45) is 3.33. The monoisotopic (exact) mass is 405 g/mol. The molecule has 1 aliphatic heterocycles. The van der Waals surface area contributed by atoms with Gasteiger partial charge in [0.15, 0.2) is 0 Å². The smallest absolute Gasteiger partial charge is 0.253 e. The number of anilines is 1. The molecular formula is C22H20FN5O2. The molecule has 4 rings (SSSR count). The van der Waals surface area contributed by atoms with Gasteiger partial charge in [0.2, 0.25) is 5.91 Å². The van der Waals surface area contributed by atoms with Crippen LogP contribution < -0.4 is 10.6 Å². The second-order valence-corrected chi connectivity index (χ2v) is 7.23. The van der Waals surface area contributed by atoms with E-state index in [0.29, 0.717) is 16.8 Å². The van der Waals surface area contributed by atoms with E-state index in [2.05, 4.69) is 20.9 Å². The Labute approximate surface area is 172 Å². The maximum atomic E-state index is 13.3. The van der Waals surface area contributed by atoms with Crippen molar-refractivity contribution in [2.75, 3.05) is 5.32 Å². The Balaban J connectivity index is 1.62. The SMILES string of the molecule is Cc1cn(-c2ccc(C)c(NC(=O)C3=CNC(=O)C[C@H]3c3ccc(F)cc3)c2)nn1. The maximum Gasteiger partial charge on any atom is 0.253 e. The number of aromatic nitrogens is 3. The molecule has 1 aromatic heterocycles. The summed E-state index contributed by atoms with van der Waals surface area (Å²) in [5.41, 5.74) is 4.16. The van der Waals surface area contributed by atoms with Crippen LogP contribution in [0.5, 0.6) is 0 Å². The molecule has 7 nitrogen and oxygen atoms in total. The van der Waals surface area contributed by atoms with Gasteiger partial charge >= 0.3 is 0 Å². The van der Waals surface area contributed by atoms with Gasteiger partial charge in [-0.1, -0.05) is 23.4 Å². The lowest BCUT2D eigenvalue weighted by Crippen LogP contribution is -2.32. The standard InChI is InChI=1S/C22H20FN5O2/c1-13-3-8-17(28-12-14(2)26-27-28)9-20(13)25-22(30)19-11-24-21(29)10-18(19)15-4-6-16(23)7-5-15/h3-9,11-12,18H,10H2,1-2H3,(H,24,29)(H,25,30)/t18-/m0/s1. The summed E-state index contributed by atoms with van der Waals surface area (Å²) >= 11 is 0. The highest BCUT2D eigenvalue weighted by Gasteiger charge is 2.29. The molecule has 0 bridgehead atoms. The van der Waals surface area contributed by atoms with Crippen LogP contribution in [-0.4, -0.2) is 26.8 Å². The van der Waals surface area contributed by atoms with Crippen molar-refractivity contribution in [2.45, 2.75) is 26.2 Å². The molecule has 2 aromatic carbocycles. The molecular weight excluding hydrogens is 385 g/mol. The average Bonchev–Trinajstić information content (AvgIpc) is 3.16. The number of hydrogen-bond donors (Lipinski definition) is 2. The molecule has 0 radical (unpaired) electrons. The third-order valence-electron chi connectivity index (χ3n) is 5.03. The van der Waals surface area contributed by atoms with E-state index in [9.17, 15) is 14.0 Å². The molecule has 1 aliphatic rings. The fraction of sp³-hybridized carbons (Fsp3) is 0.182. The number of nitrogens with zero attached hydrogens (tertiary/aromatic N) is 3. The van der Waals surface area contributed by atoms with Gasteiger partial charge in [-0.25, -0.2) is 9.07 Å². The van der Waals surface area contributed by atoms with E-state index in [1.165, 1.54) is 18.3 Å². The molecule has 0 saturated carbocycles. The minimum Gasteiger partial charge on any atom is -0.332 e. The number of carbonyl (C=O) groups excluding carboxylic acids is 2. The lowest BCUT2D eigenvalue weighted by Gasteiger charge is -2.24. The van der Waals surface area contributed by atoms with Gasteiger partial charge in [0.25, 0.3) is 5.91 Å². The molecule has 3 aromatic rings. The van der Waals surface area contributed by atoms with Crippen LogP contribution in [0.1, 0.15) is 29.2 Å². The third-order valence-corrected chi connectivity index (χ3v) is 5.03. The summed E-state index contributed by atoms with van der Waals surface area (Å²) in [7, 11) is 0. The van der Waals surface area contributed by atoms with Crippen LogP contribution in [-0.2, 0) is 9.59 Å². The van der Waals surface area contributed by atoms with E-state index in [4.69, 9.17) is 0 Å². The number of halogens is 1. The molecule has 0 fully saturated rings. The molecule has 2 N–H and O–H groups in total. The molecule has 152 valence electrons. The highest BCUT2D eigenvalue weighted by molar-refractivity contribution is 6.06. The summed E-state index contributed by atoms with van der Waals surface area (Å²) in [5, 5.41) is 13.6. The zero-order valence-corrected chi connectivity index (χ0v) is 16.5. The van der Waals surface area contributed by atoms with Crippen molar-refractivity contribution in [3.05, 3.63) is 83.1 Å². The van der Waals surface area contributed by atoms with Crippen LogP contribution >= 0.6 is 0 Å². The molecule has 2 heterocycles. The topological polar surface area (TPSA) is 88.9 Å². The Hall–Kier alpha value is -3.81. The summed E-state index contributed by atoms with van der Waals surface area (Å²) in [6.45, 7) is 3.74. The van der Waals surface area contributed by atoms with Gasteiger partial charge in [-0.15, -0.1) is 5.10 Å².